The summed E-state index contributed by atoms with van der Waals surface area (Å²) in [6.07, 6.45) is 4.60. The molecule has 5 atom stereocenters. The molecule has 2 fully saturated rings. The number of hydrogen-bond donors (Lipinski definition) is 2. The van der Waals surface area contributed by atoms with Crippen LogP contribution in [0.2, 0.25) is 0 Å². The van der Waals surface area contributed by atoms with Gasteiger partial charge in [-0.2, -0.15) is 0 Å². The lowest BCUT2D eigenvalue weighted by molar-refractivity contribution is -0.121. The molecular weight excluding hydrogens is 384 g/mol. The Morgan fingerprint density at radius 1 is 1.21 bits per heavy atom. The highest BCUT2D eigenvalue weighted by Gasteiger charge is 2.35. The molecule has 1 saturated heterocycles. The van der Waals surface area contributed by atoms with E-state index in [1.807, 2.05) is 10.6 Å². The van der Waals surface area contributed by atoms with Crippen LogP contribution in [-0.4, -0.2) is 46.2 Å². The highest BCUT2D eigenvalue weighted by Crippen LogP contribution is 2.35. The Kier molecular flexibility index (Phi) is 5.95. The molecule has 2 bridgehead atoms. The number of nitrogens with one attached hydrogen (secondary N) is 2. The van der Waals surface area contributed by atoms with Gasteiger partial charge < -0.3 is 20.1 Å². The van der Waals surface area contributed by atoms with Crippen molar-refractivity contribution in [1.29, 1.82) is 0 Å². The van der Waals surface area contributed by atoms with Gasteiger partial charge in [0.15, 0.2) is 5.11 Å². The number of likely N-dealkylation sites (tertiary alicyclic amines) is 1. The highest BCUT2D eigenvalue weighted by atomic mass is 32.1. The first-order chi connectivity index (χ1) is 13.9. The predicted molar refractivity (Wildman–Crippen MR) is 118 cm³/mol. The number of fused-ring (bicyclic) bond motifs is 4. The van der Waals surface area contributed by atoms with Crippen LogP contribution in [0.5, 0.6) is 0 Å². The molecule has 3 aliphatic rings. The second-order valence-corrected chi connectivity index (χ2v) is 9.59. The van der Waals surface area contributed by atoms with E-state index in [2.05, 4.69) is 35.4 Å². The summed E-state index contributed by atoms with van der Waals surface area (Å²) in [4.78, 5) is 26.8. The van der Waals surface area contributed by atoms with E-state index < -0.39 is 0 Å². The van der Waals surface area contributed by atoms with Gasteiger partial charge in [-0.25, -0.2) is 0 Å². The second kappa shape index (κ2) is 8.46. The zero-order valence-electron chi connectivity index (χ0n) is 17.4. The number of carbonyl (C=O) groups excluding carboxylic acids is 1. The monoisotopic (exact) mass is 416 g/mol. The van der Waals surface area contributed by atoms with E-state index in [-0.39, 0.29) is 24.1 Å². The average Bonchev–Trinajstić information content (AvgIpc) is 2.70. The van der Waals surface area contributed by atoms with E-state index in [1.54, 1.807) is 6.07 Å². The van der Waals surface area contributed by atoms with Gasteiger partial charge in [0.1, 0.15) is 0 Å². The molecule has 1 amide bonds. The fraction of sp³-hybridized carbons (Fsp3) is 0.682. The molecule has 0 radical (unpaired) electrons. The summed E-state index contributed by atoms with van der Waals surface area (Å²) in [5.41, 5.74) is 1.20. The third-order valence-corrected chi connectivity index (χ3v) is 7.62. The van der Waals surface area contributed by atoms with E-state index in [0.717, 1.165) is 38.2 Å². The van der Waals surface area contributed by atoms with Crippen molar-refractivity contribution in [3.8, 4) is 0 Å². The molecule has 2 N–H and O–H groups in total. The summed E-state index contributed by atoms with van der Waals surface area (Å²) in [6, 6.07) is 5.82. The van der Waals surface area contributed by atoms with E-state index >= 15 is 0 Å². The SMILES string of the molecule is C[C@@H]1[C@H](C)CCC[C@H]1NC(=O)CNC(=S)N1C[C@H]2C[C@@H](C1)c1cccc(=O)n1C2. The standard InChI is InChI=1S/C22H32N4O2S/c1-14-5-3-6-18(15(14)2)24-20(27)10-23-22(29)25-11-16-9-17(13-25)19-7-4-8-21(28)26(19)12-16/h4,7-8,14-18H,3,5-6,9-13H2,1-2H3,(H,23,29)(H,24,27)/t14-,15-,16-,17+,18-/m1/s1. The molecule has 2 aliphatic heterocycles. The Bertz CT molecular complexity index is 838. The molecule has 4 rings (SSSR count). The van der Waals surface area contributed by atoms with Crippen molar-refractivity contribution in [2.24, 2.45) is 17.8 Å². The Morgan fingerprint density at radius 3 is 2.86 bits per heavy atom. The lowest BCUT2D eigenvalue weighted by atomic mass is 9.78. The maximum absolute atomic E-state index is 12.5. The summed E-state index contributed by atoms with van der Waals surface area (Å²) in [5, 5.41) is 7.01. The summed E-state index contributed by atoms with van der Waals surface area (Å²) in [5.74, 6) is 1.93. The van der Waals surface area contributed by atoms with Crippen molar-refractivity contribution < 1.29 is 4.79 Å². The molecule has 0 aromatic carbocycles. The number of carbonyl (C=O) groups is 1. The van der Waals surface area contributed by atoms with Crippen LogP contribution < -0.4 is 16.2 Å². The van der Waals surface area contributed by atoms with E-state index in [1.165, 1.54) is 12.8 Å². The molecule has 7 heteroatoms. The third kappa shape index (κ3) is 4.34. The first-order valence-corrected chi connectivity index (χ1v) is 11.3. The second-order valence-electron chi connectivity index (χ2n) is 9.20. The molecule has 29 heavy (non-hydrogen) atoms. The number of piperidine rings is 1. The van der Waals surface area contributed by atoms with Gasteiger partial charge >= 0.3 is 0 Å². The normalized spacial score (nSPS) is 31.0. The number of pyridine rings is 1. The molecule has 1 aromatic rings. The van der Waals surface area contributed by atoms with Gasteiger partial charge in [0.2, 0.25) is 5.91 Å². The number of amides is 1. The fourth-order valence-corrected chi connectivity index (χ4v) is 5.59. The summed E-state index contributed by atoms with van der Waals surface area (Å²) in [7, 11) is 0. The molecule has 0 spiro atoms. The number of rotatable bonds is 3. The quantitative estimate of drug-likeness (QED) is 0.739. The first kappa shape index (κ1) is 20.4. The van der Waals surface area contributed by atoms with Crippen molar-refractivity contribution >= 4 is 23.2 Å². The van der Waals surface area contributed by atoms with Gasteiger partial charge in [-0.3, -0.25) is 9.59 Å². The molecule has 0 unspecified atom stereocenters. The number of aromatic nitrogens is 1. The van der Waals surface area contributed by atoms with Gasteiger partial charge in [0.05, 0.1) is 6.54 Å². The summed E-state index contributed by atoms with van der Waals surface area (Å²) in [6.45, 7) is 7.12. The minimum atomic E-state index is 0.0207. The molecular formula is C22H32N4O2S. The van der Waals surface area contributed by atoms with Gasteiger partial charge in [0.25, 0.3) is 5.56 Å². The summed E-state index contributed by atoms with van der Waals surface area (Å²) < 4.78 is 1.92. The maximum atomic E-state index is 12.5. The number of thiocarbonyl (C=S) groups is 1. The van der Waals surface area contributed by atoms with Crippen molar-refractivity contribution in [2.45, 2.75) is 58.0 Å². The van der Waals surface area contributed by atoms with Crippen LogP contribution in [0.3, 0.4) is 0 Å². The van der Waals surface area contributed by atoms with E-state index in [0.29, 0.717) is 28.8 Å². The lowest BCUT2D eigenvalue weighted by Gasteiger charge is -2.43. The zero-order chi connectivity index (χ0) is 20.5. The highest BCUT2D eigenvalue weighted by molar-refractivity contribution is 7.80. The van der Waals surface area contributed by atoms with Crippen LogP contribution in [-0.2, 0) is 11.3 Å². The van der Waals surface area contributed by atoms with Crippen LogP contribution in [0.15, 0.2) is 23.0 Å². The minimum absolute atomic E-state index is 0.0207. The first-order valence-electron chi connectivity index (χ1n) is 10.9. The Morgan fingerprint density at radius 2 is 2.03 bits per heavy atom. The van der Waals surface area contributed by atoms with Crippen LogP contribution in [0.1, 0.15) is 51.1 Å². The van der Waals surface area contributed by atoms with Crippen molar-refractivity contribution in [3.05, 3.63) is 34.2 Å². The fourth-order valence-electron chi connectivity index (χ4n) is 5.37. The predicted octanol–water partition coefficient (Wildman–Crippen LogP) is 2.08. The van der Waals surface area contributed by atoms with Crippen LogP contribution in [0.4, 0.5) is 0 Å². The van der Waals surface area contributed by atoms with Crippen molar-refractivity contribution in [1.82, 2.24) is 20.1 Å². The van der Waals surface area contributed by atoms with E-state index in [9.17, 15) is 9.59 Å². The van der Waals surface area contributed by atoms with Gasteiger partial charge in [0, 0.05) is 43.4 Å². The molecule has 1 aliphatic carbocycles. The zero-order valence-corrected chi connectivity index (χ0v) is 18.2. The van der Waals surface area contributed by atoms with E-state index in [4.69, 9.17) is 12.2 Å². The van der Waals surface area contributed by atoms with Crippen LogP contribution in [0, 0.1) is 17.8 Å². The Hall–Kier alpha value is -1.89. The molecule has 1 saturated carbocycles. The van der Waals surface area contributed by atoms with Crippen LogP contribution in [0.25, 0.3) is 0 Å². The number of hydrogen-bond acceptors (Lipinski definition) is 3. The largest absolute Gasteiger partial charge is 0.354 e. The molecule has 1 aromatic heterocycles. The minimum Gasteiger partial charge on any atom is -0.354 e. The van der Waals surface area contributed by atoms with Crippen LogP contribution >= 0.6 is 12.2 Å². The number of nitrogens with zero attached hydrogens (tertiary/aromatic N) is 2. The molecule has 3 heterocycles. The maximum Gasteiger partial charge on any atom is 0.250 e. The van der Waals surface area contributed by atoms with Crippen molar-refractivity contribution in [3.63, 3.8) is 0 Å². The van der Waals surface area contributed by atoms with Gasteiger partial charge in [-0.1, -0.05) is 32.8 Å². The Labute approximate surface area is 178 Å². The summed E-state index contributed by atoms with van der Waals surface area (Å²) >= 11 is 5.61. The van der Waals surface area contributed by atoms with Gasteiger partial charge in [-0.15, -0.1) is 0 Å². The topological polar surface area (TPSA) is 66.4 Å². The van der Waals surface area contributed by atoms with Gasteiger partial charge in [-0.05, 0) is 48.9 Å². The Balaban J connectivity index is 1.31. The van der Waals surface area contributed by atoms with Crippen molar-refractivity contribution in [2.75, 3.05) is 19.6 Å². The average molecular weight is 417 g/mol. The molecule has 158 valence electrons. The molecule has 6 nitrogen and oxygen atoms in total. The lowest BCUT2D eigenvalue weighted by Crippen LogP contribution is -2.53. The smallest absolute Gasteiger partial charge is 0.250 e. The third-order valence-electron chi connectivity index (χ3n) is 7.22.